The van der Waals surface area contributed by atoms with Crippen molar-refractivity contribution >= 4 is 35.0 Å². The highest BCUT2D eigenvalue weighted by Gasteiger charge is 2.54. The van der Waals surface area contributed by atoms with Gasteiger partial charge in [-0.05, 0) is 19.8 Å². The lowest BCUT2D eigenvalue weighted by atomic mass is 9.76. The van der Waals surface area contributed by atoms with Crippen molar-refractivity contribution in [2.45, 2.75) is 37.4 Å². The van der Waals surface area contributed by atoms with Gasteiger partial charge in [-0.2, -0.15) is 0 Å². The van der Waals surface area contributed by atoms with Crippen molar-refractivity contribution in [1.29, 1.82) is 0 Å². The SMILES string of the molecule is CCC(CCO)(C(=O)O)C(Cl)(Cl)CC(C)=O. The lowest BCUT2D eigenvalue weighted by Crippen LogP contribution is -2.47. The molecule has 0 saturated carbocycles. The van der Waals surface area contributed by atoms with Gasteiger partial charge in [-0.15, -0.1) is 0 Å². The van der Waals surface area contributed by atoms with E-state index in [1.165, 1.54) is 6.92 Å². The Labute approximate surface area is 105 Å². The zero-order valence-electron chi connectivity index (χ0n) is 9.30. The maximum absolute atomic E-state index is 11.3. The van der Waals surface area contributed by atoms with Crippen molar-refractivity contribution in [3.05, 3.63) is 0 Å². The molecule has 0 amide bonds. The van der Waals surface area contributed by atoms with Crippen molar-refractivity contribution in [3.63, 3.8) is 0 Å². The van der Waals surface area contributed by atoms with E-state index in [-0.39, 0.29) is 31.7 Å². The van der Waals surface area contributed by atoms with Crippen LogP contribution in [0.15, 0.2) is 0 Å². The number of hydrogen-bond donors (Lipinski definition) is 2. The van der Waals surface area contributed by atoms with Crippen LogP contribution in [0.2, 0.25) is 0 Å². The first-order valence-electron chi connectivity index (χ1n) is 4.95. The molecule has 0 fully saturated rings. The number of hydrogen-bond acceptors (Lipinski definition) is 3. The summed E-state index contributed by atoms with van der Waals surface area (Å²) < 4.78 is -1.71. The zero-order chi connectivity index (χ0) is 13.0. The predicted molar refractivity (Wildman–Crippen MR) is 61.8 cm³/mol. The highest BCUT2D eigenvalue weighted by molar-refractivity contribution is 6.50. The number of halogens is 2. The van der Waals surface area contributed by atoms with Crippen molar-refractivity contribution in [2.75, 3.05) is 6.61 Å². The van der Waals surface area contributed by atoms with Gasteiger partial charge < -0.3 is 10.2 Å². The number of carboxylic acids is 1. The fourth-order valence-electron chi connectivity index (χ4n) is 1.71. The molecular formula is C10H16Cl2O4. The van der Waals surface area contributed by atoms with Gasteiger partial charge in [-0.25, -0.2) is 0 Å². The first-order valence-corrected chi connectivity index (χ1v) is 5.70. The summed E-state index contributed by atoms with van der Waals surface area (Å²) in [6.45, 7) is 2.56. The van der Waals surface area contributed by atoms with Crippen LogP contribution in [0.25, 0.3) is 0 Å². The predicted octanol–water partition coefficient (Wildman–Crippen LogP) is 2.00. The molecule has 0 radical (unpaired) electrons. The number of aliphatic hydroxyl groups is 1. The van der Waals surface area contributed by atoms with E-state index < -0.39 is 15.7 Å². The molecule has 0 bridgehead atoms. The van der Waals surface area contributed by atoms with Crippen molar-refractivity contribution < 1.29 is 19.8 Å². The number of aliphatic carboxylic acids is 1. The molecule has 0 aromatic carbocycles. The number of carboxylic acid groups (broad SMARTS) is 1. The molecule has 0 heterocycles. The Morgan fingerprint density at radius 1 is 1.31 bits per heavy atom. The largest absolute Gasteiger partial charge is 0.481 e. The number of alkyl halides is 2. The highest BCUT2D eigenvalue weighted by Crippen LogP contribution is 2.48. The molecule has 1 unspecified atom stereocenters. The smallest absolute Gasteiger partial charge is 0.312 e. The fourth-order valence-corrected chi connectivity index (χ4v) is 2.70. The van der Waals surface area contributed by atoms with Crippen molar-refractivity contribution in [3.8, 4) is 0 Å². The molecule has 0 spiro atoms. The van der Waals surface area contributed by atoms with Gasteiger partial charge in [-0.3, -0.25) is 9.59 Å². The second kappa shape index (κ2) is 5.84. The summed E-state index contributed by atoms with van der Waals surface area (Å²) in [6.07, 6.45) is -0.196. The highest BCUT2D eigenvalue weighted by atomic mass is 35.5. The van der Waals surface area contributed by atoms with E-state index in [1.807, 2.05) is 0 Å². The van der Waals surface area contributed by atoms with E-state index in [2.05, 4.69) is 0 Å². The lowest BCUT2D eigenvalue weighted by molar-refractivity contribution is -0.151. The Bertz CT molecular complexity index is 278. The van der Waals surface area contributed by atoms with E-state index in [4.69, 9.17) is 28.3 Å². The Balaban J connectivity index is 5.29. The third kappa shape index (κ3) is 3.09. The topological polar surface area (TPSA) is 74.6 Å². The Morgan fingerprint density at radius 2 is 1.81 bits per heavy atom. The van der Waals surface area contributed by atoms with Gasteiger partial charge in [0.1, 0.15) is 15.5 Å². The summed E-state index contributed by atoms with van der Waals surface area (Å²) in [5, 5.41) is 18.1. The molecule has 0 aromatic heterocycles. The van der Waals surface area contributed by atoms with E-state index >= 15 is 0 Å². The van der Waals surface area contributed by atoms with Gasteiger partial charge in [-0.1, -0.05) is 30.1 Å². The molecule has 94 valence electrons. The molecule has 0 aliphatic carbocycles. The van der Waals surface area contributed by atoms with Gasteiger partial charge in [0, 0.05) is 13.0 Å². The summed E-state index contributed by atoms with van der Waals surface area (Å²) in [6, 6.07) is 0. The third-order valence-electron chi connectivity index (χ3n) is 2.72. The first kappa shape index (κ1) is 15.7. The number of rotatable bonds is 7. The monoisotopic (exact) mass is 270 g/mol. The molecule has 0 aromatic rings. The Kier molecular flexibility index (Phi) is 5.73. The van der Waals surface area contributed by atoms with Crippen LogP contribution in [-0.4, -0.2) is 32.9 Å². The van der Waals surface area contributed by atoms with E-state index in [0.717, 1.165) is 0 Å². The van der Waals surface area contributed by atoms with Gasteiger partial charge in [0.15, 0.2) is 0 Å². The fraction of sp³-hybridized carbons (Fsp3) is 0.800. The number of Topliss-reactive ketones (excluding diaryl/α,β-unsaturated/α-hetero) is 1. The summed E-state index contributed by atoms with van der Waals surface area (Å²) in [4.78, 5) is 22.3. The van der Waals surface area contributed by atoms with Crippen LogP contribution in [0.5, 0.6) is 0 Å². The second-order valence-electron chi connectivity index (χ2n) is 3.80. The van der Waals surface area contributed by atoms with Gasteiger partial charge in [0.25, 0.3) is 0 Å². The maximum Gasteiger partial charge on any atom is 0.312 e. The summed E-state index contributed by atoms with van der Waals surface area (Å²) in [7, 11) is 0. The van der Waals surface area contributed by atoms with E-state index in [1.54, 1.807) is 6.92 Å². The molecule has 0 aliphatic rings. The van der Waals surface area contributed by atoms with Gasteiger partial charge >= 0.3 is 5.97 Å². The van der Waals surface area contributed by atoms with Gasteiger partial charge in [0.2, 0.25) is 0 Å². The number of carbonyl (C=O) groups excluding carboxylic acids is 1. The first-order chi connectivity index (χ1) is 7.23. The molecule has 6 heteroatoms. The normalized spacial score (nSPS) is 15.6. The molecule has 1 atom stereocenters. The second-order valence-corrected chi connectivity index (χ2v) is 5.28. The standard InChI is InChI=1S/C10H16Cl2O4/c1-3-9(4-5-13,8(15)16)10(11,12)6-7(2)14/h13H,3-6H2,1-2H3,(H,15,16). The van der Waals surface area contributed by atoms with Gasteiger partial charge in [0.05, 0.1) is 0 Å². The molecule has 4 nitrogen and oxygen atoms in total. The number of carbonyl (C=O) groups is 2. The quantitative estimate of drug-likeness (QED) is 0.694. The minimum Gasteiger partial charge on any atom is -0.481 e. The van der Waals surface area contributed by atoms with E-state index in [0.29, 0.717) is 0 Å². The summed E-state index contributed by atoms with van der Waals surface area (Å²) in [5.41, 5.74) is -1.50. The van der Waals surface area contributed by atoms with Crippen LogP contribution in [0.3, 0.4) is 0 Å². The third-order valence-corrected chi connectivity index (χ3v) is 3.71. The minimum absolute atomic E-state index is 0.0842. The number of aliphatic hydroxyl groups excluding tert-OH is 1. The molecule has 16 heavy (non-hydrogen) atoms. The van der Waals surface area contributed by atoms with Crippen molar-refractivity contribution in [1.82, 2.24) is 0 Å². The maximum atomic E-state index is 11.3. The zero-order valence-corrected chi connectivity index (χ0v) is 10.8. The van der Waals surface area contributed by atoms with Crippen LogP contribution in [0.1, 0.15) is 33.1 Å². The van der Waals surface area contributed by atoms with Crippen LogP contribution in [-0.2, 0) is 9.59 Å². The molecule has 2 N–H and O–H groups in total. The van der Waals surface area contributed by atoms with Crippen LogP contribution < -0.4 is 0 Å². The summed E-state index contributed by atoms with van der Waals surface area (Å²) >= 11 is 12.0. The Morgan fingerprint density at radius 3 is 2.06 bits per heavy atom. The average molecular weight is 271 g/mol. The lowest BCUT2D eigenvalue weighted by Gasteiger charge is -2.38. The number of ketones is 1. The minimum atomic E-state index is -1.71. The average Bonchev–Trinajstić information content (AvgIpc) is 2.10. The Hall–Kier alpha value is -0.320. The molecular weight excluding hydrogens is 255 g/mol. The van der Waals surface area contributed by atoms with Crippen molar-refractivity contribution in [2.24, 2.45) is 5.41 Å². The van der Waals surface area contributed by atoms with Crippen LogP contribution >= 0.6 is 23.2 Å². The molecule has 0 saturated heterocycles. The molecule has 0 aliphatic heterocycles. The van der Waals surface area contributed by atoms with Crippen LogP contribution in [0.4, 0.5) is 0 Å². The van der Waals surface area contributed by atoms with Crippen LogP contribution in [0, 0.1) is 5.41 Å². The summed E-state index contributed by atoms with van der Waals surface area (Å²) in [5.74, 6) is -1.49. The molecule has 0 rings (SSSR count). The van der Waals surface area contributed by atoms with E-state index in [9.17, 15) is 14.7 Å².